The van der Waals surface area contributed by atoms with Gasteiger partial charge in [-0.05, 0) is 38.7 Å². The molecule has 0 radical (unpaired) electrons. The van der Waals surface area contributed by atoms with E-state index in [-0.39, 0.29) is 4.90 Å². The third kappa shape index (κ3) is 3.77. The minimum atomic E-state index is -3.57. The summed E-state index contributed by atoms with van der Waals surface area (Å²) in [4.78, 5) is 0.232. The highest BCUT2D eigenvalue weighted by Gasteiger charge is 2.25. The average molecular weight is 244 g/mol. The van der Waals surface area contributed by atoms with Crippen LogP contribution >= 0.6 is 0 Å². The molecule has 0 saturated heterocycles. The molecule has 0 aliphatic carbocycles. The quantitative estimate of drug-likeness (QED) is 0.767. The first-order valence-corrected chi connectivity index (χ1v) is 9.55. The van der Waals surface area contributed by atoms with Gasteiger partial charge >= 0.3 is 0 Å². The Bertz CT molecular complexity index is 429. The minimum absolute atomic E-state index is 0.232. The van der Waals surface area contributed by atoms with Crippen LogP contribution in [0.15, 0.2) is 29.2 Å². The molecule has 0 unspecified atom stereocenters. The molecule has 84 valence electrons. The van der Waals surface area contributed by atoms with E-state index in [0.717, 1.165) is 5.56 Å². The van der Waals surface area contributed by atoms with Crippen molar-refractivity contribution in [3.05, 3.63) is 29.8 Å². The van der Waals surface area contributed by atoms with Gasteiger partial charge in [0.1, 0.15) is 0 Å². The molecule has 0 saturated carbocycles. The van der Waals surface area contributed by atoms with Gasteiger partial charge in [-0.15, -0.1) is 0 Å². The third-order valence-electron chi connectivity index (χ3n) is 1.67. The van der Waals surface area contributed by atoms with Crippen LogP contribution in [-0.2, 0) is 14.0 Å². The molecule has 0 spiro atoms. The second kappa shape index (κ2) is 4.07. The lowest BCUT2D eigenvalue weighted by Crippen LogP contribution is -2.29. The molecule has 0 amide bonds. The van der Waals surface area contributed by atoms with Gasteiger partial charge in [0.25, 0.3) is 10.1 Å². The van der Waals surface area contributed by atoms with Crippen molar-refractivity contribution in [2.45, 2.75) is 31.5 Å². The maximum absolute atomic E-state index is 11.8. The van der Waals surface area contributed by atoms with Crippen molar-refractivity contribution < 1.29 is 12.3 Å². The normalized spacial score (nSPS) is 12.8. The Kier molecular flexibility index (Phi) is 3.37. The highest BCUT2D eigenvalue weighted by molar-refractivity contribution is 7.87. The minimum Gasteiger partial charge on any atom is -0.312 e. The SMILES string of the molecule is Cc1ccc(S(=O)(=O)O[Si](C)(C)C)cc1. The summed E-state index contributed by atoms with van der Waals surface area (Å²) in [5.74, 6) is 0. The Hall–Kier alpha value is -0.653. The lowest BCUT2D eigenvalue weighted by Gasteiger charge is -2.16. The van der Waals surface area contributed by atoms with Crippen LogP contribution in [-0.4, -0.2) is 16.7 Å². The van der Waals surface area contributed by atoms with Crippen molar-refractivity contribution in [1.29, 1.82) is 0 Å². The lowest BCUT2D eigenvalue weighted by atomic mass is 10.2. The van der Waals surface area contributed by atoms with E-state index in [2.05, 4.69) is 0 Å². The Balaban J connectivity index is 3.02. The van der Waals surface area contributed by atoms with Crippen molar-refractivity contribution in [3.63, 3.8) is 0 Å². The molecule has 1 aromatic rings. The topological polar surface area (TPSA) is 43.4 Å². The summed E-state index contributed by atoms with van der Waals surface area (Å²) in [6.07, 6.45) is 0. The van der Waals surface area contributed by atoms with Gasteiger partial charge in [0.2, 0.25) is 8.32 Å². The molecule has 0 aromatic heterocycles. The average Bonchev–Trinajstić information content (AvgIpc) is 2.00. The molecule has 0 bridgehead atoms. The van der Waals surface area contributed by atoms with Gasteiger partial charge in [-0.2, -0.15) is 8.42 Å². The Morgan fingerprint density at radius 1 is 1.07 bits per heavy atom. The van der Waals surface area contributed by atoms with E-state index in [1.807, 2.05) is 26.6 Å². The molecule has 0 heterocycles. The van der Waals surface area contributed by atoms with E-state index in [0.29, 0.717) is 0 Å². The van der Waals surface area contributed by atoms with Crippen LogP contribution in [0.2, 0.25) is 19.6 Å². The predicted molar refractivity (Wildman–Crippen MR) is 62.8 cm³/mol. The van der Waals surface area contributed by atoms with Gasteiger partial charge in [0.15, 0.2) is 0 Å². The van der Waals surface area contributed by atoms with Gasteiger partial charge in [-0.3, -0.25) is 0 Å². The standard InChI is InChI=1S/C10H16O3SSi/c1-9-5-7-10(8-6-9)14(11,12)13-15(2,3)4/h5-8H,1-4H3. The van der Waals surface area contributed by atoms with E-state index in [9.17, 15) is 8.42 Å². The molecule has 0 fully saturated rings. The maximum atomic E-state index is 11.8. The zero-order chi connectivity index (χ0) is 11.7. The molecule has 1 aromatic carbocycles. The highest BCUT2D eigenvalue weighted by atomic mass is 32.2. The van der Waals surface area contributed by atoms with Gasteiger partial charge in [-0.25, -0.2) is 0 Å². The number of benzene rings is 1. The fourth-order valence-corrected chi connectivity index (χ4v) is 4.57. The Morgan fingerprint density at radius 3 is 1.93 bits per heavy atom. The molecule has 0 N–H and O–H groups in total. The maximum Gasteiger partial charge on any atom is 0.287 e. The molecule has 3 nitrogen and oxygen atoms in total. The monoisotopic (exact) mass is 244 g/mol. The van der Waals surface area contributed by atoms with Crippen LogP contribution in [0.25, 0.3) is 0 Å². The molecule has 5 heteroatoms. The molecule has 1 rings (SSSR count). The van der Waals surface area contributed by atoms with Crippen LogP contribution in [0.5, 0.6) is 0 Å². The summed E-state index contributed by atoms with van der Waals surface area (Å²) in [6, 6.07) is 6.68. The zero-order valence-corrected chi connectivity index (χ0v) is 11.3. The van der Waals surface area contributed by atoms with Crippen molar-refractivity contribution in [2.75, 3.05) is 0 Å². The third-order valence-corrected chi connectivity index (χ3v) is 5.40. The first-order chi connectivity index (χ1) is 6.71. The highest BCUT2D eigenvalue weighted by Crippen LogP contribution is 2.17. The summed E-state index contributed by atoms with van der Waals surface area (Å²) >= 11 is 0. The van der Waals surface area contributed by atoms with E-state index < -0.39 is 18.4 Å². The second-order valence-corrected chi connectivity index (χ2v) is 10.7. The van der Waals surface area contributed by atoms with Gasteiger partial charge in [0, 0.05) is 0 Å². The zero-order valence-electron chi connectivity index (χ0n) is 9.44. The number of rotatable bonds is 3. The predicted octanol–water partition coefficient (Wildman–Crippen LogP) is 2.54. The van der Waals surface area contributed by atoms with E-state index in [1.165, 1.54) is 0 Å². The van der Waals surface area contributed by atoms with Crippen LogP contribution in [0.3, 0.4) is 0 Å². The largest absolute Gasteiger partial charge is 0.312 e. The van der Waals surface area contributed by atoms with Crippen LogP contribution in [0.4, 0.5) is 0 Å². The molecule has 0 atom stereocenters. The van der Waals surface area contributed by atoms with E-state index in [4.69, 9.17) is 3.87 Å². The number of aryl methyl sites for hydroxylation is 1. The van der Waals surface area contributed by atoms with E-state index in [1.54, 1.807) is 24.3 Å². The van der Waals surface area contributed by atoms with Crippen LogP contribution in [0.1, 0.15) is 5.56 Å². The molecule has 15 heavy (non-hydrogen) atoms. The van der Waals surface area contributed by atoms with Crippen molar-refractivity contribution >= 4 is 18.4 Å². The first kappa shape index (κ1) is 12.4. The Labute approximate surface area is 92.3 Å². The van der Waals surface area contributed by atoms with Gasteiger partial charge in [-0.1, -0.05) is 17.7 Å². The number of hydrogen-bond acceptors (Lipinski definition) is 3. The Morgan fingerprint density at radius 2 is 1.53 bits per heavy atom. The van der Waals surface area contributed by atoms with Crippen molar-refractivity contribution in [1.82, 2.24) is 0 Å². The smallest absolute Gasteiger partial charge is 0.287 e. The molecular weight excluding hydrogens is 228 g/mol. The lowest BCUT2D eigenvalue weighted by molar-refractivity contribution is 0.485. The molecular formula is C10H16O3SSi. The van der Waals surface area contributed by atoms with Crippen molar-refractivity contribution in [2.24, 2.45) is 0 Å². The first-order valence-electron chi connectivity index (χ1n) is 4.73. The summed E-state index contributed by atoms with van der Waals surface area (Å²) in [6.45, 7) is 7.45. The fourth-order valence-electron chi connectivity index (χ4n) is 1.08. The van der Waals surface area contributed by atoms with Crippen LogP contribution in [0, 0.1) is 6.92 Å². The molecule has 0 aliphatic heterocycles. The summed E-state index contributed by atoms with van der Waals surface area (Å²) < 4.78 is 28.7. The fraction of sp³-hybridized carbons (Fsp3) is 0.400. The van der Waals surface area contributed by atoms with Crippen LogP contribution < -0.4 is 0 Å². The summed E-state index contributed by atoms with van der Waals surface area (Å²) in [5.41, 5.74) is 1.03. The number of hydrogen-bond donors (Lipinski definition) is 0. The summed E-state index contributed by atoms with van der Waals surface area (Å²) in [7, 11) is -5.65. The van der Waals surface area contributed by atoms with Gasteiger partial charge < -0.3 is 3.87 Å². The van der Waals surface area contributed by atoms with Gasteiger partial charge in [0.05, 0.1) is 4.90 Å². The van der Waals surface area contributed by atoms with Crippen molar-refractivity contribution in [3.8, 4) is 0 Å². The van der Waals surface area contributed by atoms with E-state index >= 15 is 0 Å². The second-order valence-electron chi connectivity index (χ2n) is 4.46. The summed E-state index contributed by atoms with van der Waals surface area (Å²) in [5, 5.41) is 0. The molecule has 0 aliphatic rings.